The number of fused-ring (bicyclic) bond motifs is 1. The summed E-state index contributed by atoms with van der Waals surface area (Å²) in [4.78, 5) is 15.0. The molecule has 0 bridgehead atoms. The molecular weight excluding hydrogens is 462 g/mol. The van der Waals surface area contributed by atoms with Crippen LogP contribution in [0.1, 0.15) is 15.3 Å². The molecule has 0 saturated carbocycles. The summed E-state index contributed by atoms with van der Waals surface area (Å²) in [7, 11) is 0. The molecule has 2 heterocycles. The molecule has 2 aromatic heterocycles. The van der Waals surface area contributed by atoms with Crippen LogP contribution in [0.3, 0.4) is 0 Å². The Morgan fingerprint density at radius 2 is 2.05 bits per heavy atom. The fourth-order valence-corrected chi connectivity index (χ4v) is 4.57. The second-order valence-corrected chi connectivity index (χ2v) is 8.07. The van der Waals surface area contributed by atoms with Crippen molar-refractivity contribution < 1.29 is 4.42 Å². The van der Waals surface area contributed by atoms with Crippen LogP contribution in [0.5, 0.6) is 0 Å². The summed E-state index contributed by atoms with van der Waals surface area (Å²) in [5.74, 6) is -0.431. The van der Waals surface area contributed by atoms with E-state index < -0.39 is 5.76 Å². The third-order valence-corrected chi connectivity index (χ3v) is 7.30. The summed E-state index contributed by atoms with van der Waals surface area (Å²) >= 11 is 12.3. The van der Waals surface area contributed by atoms with E-state index >= 15 is 0 Å². The summed E-state index contributed by atoms with van der Waals surface area (Å²) in [5, 5.41) is 0. The van der Waals surface area contributed by atoms with Gasteiger partial charge in [-0.3, -0.25) is 4.98 Å². The van der Waals surface area contributed by atoms with Crippen LogP contribution in [0.2, 0.25) is 0 Å². The molecule has 0 aliphatic rings. The highest BCUT2D eigenvalue weighted by atomic mass is 79.9. The fourth-order valence-electron chi connectivity index (χ4n) is 1.77. The Morgan fingerprint density at radius 3 is 2.74 bits per heavy atom. The predicted molar refractivity (Wildman–Crippen MR) is 87.3 cm³/mol. The standard InChI is InChI=1S/C12H6Br3NO2S/c13-6-4-9(19-11(6)15)10(14)5-1-2-7-8(3-5)18-12(17)16-7/h1-4,10H,(H,16,17). The van der Waals surface area contributed by atoms with Gasteiger partial charge in [0.1, 0.15) is 0 Å². The molecule has 1 unspecified atom stereocenters. The predicted octanol–water partition coefficient (Wildman–Crippen LogP) is 5.19. The molecule has 0 fully saturated rings. The third kappa shape index (κ3) is 2.61. The van der Waals surface area contributed by atoms with E-state index in [-0.39, 0.29) is 4.83 Å². The largest absolute Gasteiger partial charge is 0.417 e. The van der Waals surface area contributed by atoms with Crippen LogP contribution in [-0.2, 0) is 0 Å². The molecule has 98 valence electrons. The van der Waals surface area contributed by atoms with Gasteiger partial charge in [0.05, 0.1) is 14.1 Å². The van der Waals surface area contributed by atoms with Crippen molar-refractivity contribution in [2.24, 2.45) is 0 Å². The van der Waals surface area contributed by atoms with Crippen LogP contribution >= 0.6 is 59.1 Å². The van der Waals surface area contributed by atoms with Crippen molar-refractivity contribution in [1.82, 2.24) is 4.98 Å². The number of hydrogen-bond acceptors (Lipinski definition) is 3. The maximum absolute atomic E-state index is 11.1. The van der Waals surface area contributed by atoms with Crippen molar-refractivity contribution in [2.75, 3.05) is 0 Å². The maximum Gasteiger partial charge on any atom is 0.417 e. The number of oxazole rings is 1. The monoisotopic (exact) mass is 465 g/mol. The van der Waals surface area contributed by atoms with E-state index in [2.05, 4.69) is 58.8 Å². The van der Waals surface area contributed by atoms with Gasteiger partial charge in [0.25, 0.3) is 0 Å². The lowest BCUT2D eigenvalue weighted by atomic mass is 10.1. The zero-order chi connectivity index (χ0) is 13.6. The van der Waals surface area contributed by atoms with E-state index in [9.17, 15) is 4.79 Å². The topological polar surface area (TPSA) is 46.0 Å². The molecule has 0 spiro atoms. The van der Waals surface area contributed by atoms with Gasteiger partial charge in [0.15, 0.2) is 5.58 Å². The number of thiophene rings is 1. The second-order valence-electron chi connectivity index (χ2n) is 3.90. The average molecular weight is 468 g/mol. The summed E-state index contributed by atoms with van der Waals surface area (Å²) < 4.78 is 7.17. The number of aromatic amines is 1. The summed E-state index contributed by atoms with van der Waals surface area (Å²) in [5.41, 5.74) is 2.32. The molecule has 3 rings (SSSR count). The molecule has 3 aromatic rings. The lowest BCUT2D eigenvalue weighted by Gasteiger charge is -2.07. The van der Waals surface area contributed by atoms with Crippen LogP contribution in [0.25, 0.3) is 11.1 Å². The van der Waals surface area contributed by atoms with Crippen molar-refractivity contribution in [3.05, 3.63) is 53.5 Å². The normalized spacial score (nSPS) is 13.0. The Hall–Kier alpha value is -0.370. The quantitative estimate of drug-likeness (QED) is 0.527. The first-order valence-corrected chi connectivity index (χ1v) is 8.58. The van der Waals surface area contributed by atoms with E-state index in [1.165, 1.54) is 0 Å². The molecule has 1 N–H and O–H groups in total. The van der Waals surface area contributed by atoms with Crippen molar-refractivity contribution in [2.45, 2.75) is 4.83 Å². The minimum absolute atomic E-state index is 0.0599. The van der Waals surface area contributed by atoms with Crippen molar-refractivity contribution in [3.63, 3.8) is 0 Å². The van der Waals surface area contributed by atoms with Gasteiger partial charge in [-0.05, 0) is 55.6 Å². The number of aromatic nitrogens is 1. The van der Waals surface area contributed by atoms with Gasteiger partial charge in [-0.25, -0.2) is 4.79 Å². The Balaban J connectivity index is 2.05. The molecule has 0 aliphatic heterocycles. The van der Waals surface area contributed by atoms with Crippen LogP contribution in [-0.4, -0.2) is 4.98 Å². The highest BCUT2D eigenvalue weighted by molar-refractivity contribution is 9.13. The van der Waals surface area contributed by atoms with Crippen molar-refractivity contribution >= 4 is 70.2 Å². The van der Waals surface area contributed by atoms with Gasteiger partial charge in [0.2, 0.25) is 0 Å². The number of hydrogen-bond donors (Lipinski definition) is 1. The van der Waals surface area contributed by atoms with Gasteiger partial charge in [-0.15, -0.1) is 11.3 Å². The van der Waals surface area contributed by atoms with E-state index in [1.54, 1.807) is 11.3 Å². The van der Waals surface area contributed by atoms with Crippen LogP contribution in [0.15, 0.2) is 41.7 Å². The first kappa shape index (κ1) is 13.6. The summed E-state index contributed by atoms with van der Waals surface area (Å²) in [6.07, 6.45) is 0. The highest BCUT2D eigenvalue weighted by Crippen LogP contribution is 2.41. The Morgan fingerprint density at radius 1 is 1.26 bits per heavy atom. The molecule has 7 heteroatoms. The molecule has 1 atom stereocenters. The number of alkyl halides is 1. The average Bonchev–Trinajstić information content (AvgIpc) is 2.90. The summed E-state index contributed by atoms with van der Waals surface area (Å²) in [6.45, 7) is 0. The number of benzene rings is 1. The van der Waals surface area contributed by atoms with Crippen LogP contribution in [0.4, 0.5) is 0 Å². The molecule has 0 amide bonds. The number of nitrogens with one attached hydrogen (secondary N) is 1. The maximum atomic E-state index is 11.1. The zero-order valence-corrected chi connectivity index (χ0v) is 14.8. The zero-order valence-electron chi connectivity index (χ0n) is 9.25. The van der Waals surface area contributed by atoms with Gasteiger partial charge in [0, 0.05) is 9.35 Å². The number of H-pyrrole nitrogens is 1. The Bertz CT molecular complexity index is 785. The van der Waals surface area contributed by atoms with E-state index in [4.69, 9.17) is 4.42 Å². The molecule has 3 nitrogen and oxygen atoms in total. The second kappa shape index (κ2) is 5.20. The minimum atomic E-state index is -0.431. The first-order valence-electron chi connectivity index (χ1n) is 5.26. The van der Waals surface area contributed by atoms with E-state index in [1.807, 2.05) is 18.2 Å². The first-order chi connectivity index (χ1) is 9.04. The highest BCUT2D eigenvalue weighted by Gasteiger charge is 2.16. The van der Waals surface area contributed by atoms with Crippen LogP contribution in [0, 0.1) is 0 Å². The number of halogens is 3. The van der Waals surface area contributed by atoms with Gasteiger partial charge >= 0.3 is 5.76 Å². The minimum Gasteiger partial charge on any atom is -0.408 e. The molecule has 19 heavy (non-hydrogen) atoms. The molecule has 1 aromatic carbocycles. The lowest BCUT2D eigenvalue weighted by Crippen LogP contribution is -1.92. The Labute approximate surface area is 137 Å². The lowest BCUT2D eigenvalue weighted by molar-refractivity contribution is 0.555. The SMILES string of the molecule is O=c1[nH]c2ccc(C(Br)c3cc(Br)c(Br)s3)cc2o1. The van der Waals surface area contributed by atoms with Crippen molar-refractivity contribution in [1.29, 1.82) is 0 Å². The molecular formula is C12H6Br3NO2S. The molecule has 0 aliphatic carbocycles. The Kier molecular flexibility index (Phi) is 3.72. The van der Waals surface area contributed by atoms with Gasteiger partial charge in [-0.1, -0.05) is 22.0 Å². The van der Waals surface area contributed by atoms with Crippen LogP contribution < -0.4 is 5.76 Å². The van der Waals surface area contributed by atoms with Crippen molar-refractivity contribution in [3.8, 4) is 0 Å². The van der Waals surface area contributed by atoms with E-state index in [0.29, 0.717) is 11.1 Å². The van der Waals surface area contributed by atoms with Gasteiger partial charge < -0.3 is 4.42 Å². The van der Waals surface area contributed by atoms with Gasteiger partial charge in [-0.2, -0.15) is 0 Å². The van der Waals surface area contributed by atoms with E-state index in [0.717, 1.165) is 18.7 Å². The number of rotatable bonds is 2. The third-order valence-electron chi connectivity index (χ3n) is 2.65. The molecule has 0 saturated heterocycles. The fraction of sp³-hybridized carbons (Fsp3) is 0.0833. The summed E-state index contributed by atoms with van der Waals surface area (Å²) in [6, 6.07) is 7.75. The molecule has 0 radical (unpaired) electrons. The smallest absolute Gasteiger partial charge is 0.408 e.